The number of hydrogen-bond acceptors (Lipinski definition) is 18. The van der Waals surface area contributed by atoms with E-state index < -0.39 is 97.8 Å². The lowest BCUT2D eigenvalue weighted by atomic mass is 9.97. The molecule has 2 aliphatic heterocycles. The van der Waals surface area contributed by atoms with Gasteiger partial charge in [-0.1, -0.05) is 0 Å². The topological polar surface area (TPSA) is 284 Å². The number of benzene rings is 2. The minimum absolute atomic E-state index is 0.0146. The predicted molar refractivity (Wildman–Crippen MR) is 147 cm³/mol. The molecule has 2 aromatic rings. The van der Waals surface area contributed by atoms with Gasteiger partial charge in [-0.3, -0.25) is 0 Å². The third-order valence-corrected chi connectivity index (χ3v) is 7.39. The minimum atomic E-state index is -1.86. The van der Waals surface area contributed by atoms with E-state index in [9.17, 15) is 55.9 Å². The number of aromatic hydroxyl groups is 3. The Balaban J connectivity index is 1.53. The highest BCUT2D eigenvalue weighted by Gasteiger charge is 2.51. The molecule has 4 rings (SSSR count). The van der Waals surface area contributed by atoms with Crippen molar-refractivity contribution >= 4 is 5.97 Å². The summed E-state index contributed by atoms with van der Waals surface area (Å²) >= 11 is 0. The van der Waals surface area contributed by atoms with Gasteiger partial charge in [-0.2, -0.15) is 0 Å². The molecule has 0 radical (unpaired) electrons. The number of phenols is 3. The van der Waals surface area contributed by atoms with E-state index in [0.29, 0.717) is 5.56 Å². The number of hydrogen-bond donors (Lipinski definition) is 10. The maximum absolute atomic E-state index is 12.5. The standard InChI is InChI=1S/C28H36O18/c1-40-14-3-10(9-42-26(39)11-5-12(31)18(33)13(32)6-11)4-15(41-2)24(14)45-28-23(38)25(20(35)17(8-30)44-28)46-27-22(37)21(36)19(34)16(7-29)43-27/h3-6,16-17,19-23,25,27-38H,7-9H2,1-2H3/t16-,17-,19-,20-,21+,22-,23-,25+,27+,28+/m1/s1. The van der Waals surface area contributed by atoms with E-state index in [-0.39, 0.29) is 29.4 Å². The van der Waals surface area contributed by atoms with E-state index in [1.165, 1.54) is 26.4 Å². The average Bonchev–Trinajstić information content (AvgIpc) is 3.05. The second-order valence-corrected chi connectivity index (χ2v) is 10.4. The largest absolute Gasteiger partial charge is 0.504 e. The molecule has 10 N–H and O–H groups in total. The number of esters is 1. The van der Waals surface area contributed by atoms with Crippen LogP contribution in [0.2, 0.25) is 0 Å². The first-order valence-corrected chi connectivity index (χ1v) is 13.8. The fourth-order valence-electron chi connectivity index (χ4n) is 4.85. The van der Waals surface area contributed by atoms with Crippen molar-refractivity contribution in [2.24, 2.45) is 0 Å². The second kappa shape index (κ2) is 14.8. The Kier molecular flexibility index (Phi) is 11.3. The van der Waals surface area contributed by atoms with E-state index in [1.807, 2.05) is 0 Å². The van der Waals surface area contributed by atoms with Crippen LogP contribution >= 0.6 is 0 Å². The van der Waals surface area contributed by atoms with Gasteiger partial charge in [0.15, 0.2) is 35.0 Å². The van der Waals surface area contributed by atoms with Gasteiger partial charge in [-0.05, 0) is 29.8 Å². The van der Waals surface area contributed by atoms with Crippen molar-refractivity contribution in [1.29, 1.82) is 0 Å². The number of rotatable bonds is 11. The maximum atomic E-state index is 12.5. The van der Waals surface area contributed by atoms with Crippen LogP contribution in [0.4, 0.5) is 0 Å². The molecule has 46 heavy (non-hydrogen) atoms. The number of ether oxygens (including phenoxy) is 7. The van der Waals surface area contributed by atoms with Gasteiger partial charge in [0.2, 0.25) is 12.0 Å². The van der Waals surface area contributed by atoms with Crippen LogP contribution in [-0.4, -0.2) is 146 Å². The molecule has 18 nitrogen and oxygen atoms in total. The minimum Gasteiger partial charge on any atom is -0.504 e. The third kappa shape index (κ3) is 7.15. The summed E-state index contributed by atoms with van der Waals surface area (Å²) in [4.78, 5) is 12.5. The summed E-state index contributed by atoms with van der Waals surface area (Å²) in [6.07, 6.45) is -16.8. The Hall–Kier alpha value is -3.69. The van der Waals surface area contributed by atoms with E-state index in [2.05, 4.69) is 0 Å². The normalized spacial score (nSPS) is 31.2. The summed E-state index contributed by atoms with van der Waals surface area (Å²) < 4.78 is 38.3. The van der Waals surface area contributed by atoms with Crippen molar-refractivity contribution in [3.05, 3.63) is 35.4 Å². The molecular formula is C28H36O18. The zero-order valence-electron chi connectivity index (χ0n) is 24.4. The molecule has 2 fully saturated rings. The molecule has 0 bridgehead atoms. The Morgan fingerprint density at radius 3 is 1.83 bits per heavy atom. The number of methoxy groups -OCH3 is 2. The van der Waals surface area contributed by atoms with Crippen LogP contribution in [0.3, 0.4) is 0 Å². The molecule has 2 aliphatic rings. The Morgan fingerprint density at radius 2 is 1.28 bits per heavy atom. The lowest BCUT2D eigenvalue weighted by Gasteiger charge is -2.45. The highest BCUT2D eigenvalue weighted by atomic mass is 16.7. The summed E-state index contributed by atoms with van der Waals surface area (Å²) in [6, 6.07) is 4.56. The average molecular weight is 661 g/mol. The van der Waals surface area contributed by atoms with Gasteiger partial charge in [-0.25, -0.2) is 4.79 Å². The third-order valence-electron chi connectivity index (χ3n) is 7.39. The van der Waals surface area contributed by atoms with Gasteiger partial charge in [0.1, 0.15) is 55.4 Å². The van der Waals surface area contributed by atoms with Crippen molar-refractivity contribution in [1.82, 2.24) is 0 Å². The molecule has 2 heterocycles. The number of carbonyl (C=O) groups is 1. The molecule has 0 amide bonds. The highest BCUT2D eigenvalue weighted by Crippen LogP contribution is 2.41. The Morgan fingerprint density at radius 1 is 0.739 bits per heavy atom. The van der Waals surface area contributed by atoms with Crippen molar-refractivity contribution in [3.63, 3.8) is 0 Å². The monoisotopic (exact) mass is 660 g/mol. The summed E-state index contributed by atoms with van der Waals surface area (Å²) in [5.41, 5.74) is 0.0513. The molecule has 2 aromatic carbocycles. The second-order valence-electron chi connectivity index (χ2n) is 10.4. The lowest BCUT2D eigenvalue weighted by molar-refractivity contribution is -0.353. The predicted octanol–water partition coefficient (Wildman–Crippen LogP) is -2.82. The van der Waals surface area contributed by atoms with E-state index in [1.54, 1.807) is 0 Å². The maximum Gasteiger partial charge on any atom is 0.338 e. The number of carbonyl (C=O) groups excluding carboxylic acids is 1. The lowest BCUT2D eigenvalue weighted by Crippen LogP contribution is -2.65. The van der Waals surface area contributed by atoms with Crippen LogP contribution in [-0.2, 0) is 25.6 Å². The van der Waals surface area contributed by atoms with Crippen LogP contribution in [0.5, 0.6) is 34.5 Å². The van der Waals surface area contributed by atoms with Crippen molar-refractivity contribution in [2.45, 2.75) is 68.0 Å². The number of phenolic OH excluding ortho intramolecular Hbond substituents is 3. The zero-order chi connectivity index (χ0) is 33.9. The van der Waals surface area contributed by atoms with Gasteiger partial charge < -0.3 is 84.2 Å². The molecule has 2 saturated heterocycles. The molecule has 10 atom stereocenters. The Labute approximate surface area is 260 Å². The number of aliphatic hydroxyl groups is 7. The Bertz CT molecular complexity index is 1300. The fourth-order valence-corrected chi connectivity index (χ4v) is 4.85. The van der Waals surface area contributed by atoms with Crippen LogP contribution < -0.4 is 14.2 Å². The number of aliphatic hydroxyl groups excluding tert-OH is 7. The van der Waals surface area contributed by atoms with Crippen LogP contribution in [0.25, 0.3) is 0 Å². The van der Waals surface area contributed by atoms with Gasteiger partial charge in [0.05, 0.1) is 33.0 Å². The van der Waals surface area contributed by atoms with Gasteiger partial charge in [0.25, 0.3) is 0 Å². The summed E-state index contributed by atoms with van der Waals surface area (Å²) in [6.45, 7) is -1.91. The molecule has 0 aromatic heterocycles. The molecule has 0 saturated carbocycles. The smallest absolute Gasteiger partial charge is 0.338 e. The van der Waals surface area contributed by atoms with Crippen LogP contribution in [0.15, 0.2) is 24.3 Å². The summed E-state index contributed by atoms with van der Waals surface area (Å²) in [7, 11) is 2.53. The summed E-state index contributed by atoms with van der Waals surface area (Å²) in [5, 5.41) is 100. The fraction of sp³-hybridized carbons (Fsp3) is 0.536. The van der Waals surface area contributed by atoms with Crippen molar-refractivity contribution < 1.29 is 89.0 Å². The van der Waals surface area contributed by atoms with Crippen LogP contribution in [0.1, 0.15) is 15.9 Å². The molecule has 0 aliphatic carbocycles. The van der Waals surface area contributed by atoms with Gasteiger partial charge in [-0.15, -0.1) is 0 Å². The first kappa shape index (κ1) is 35.2. The van der Waals surface area contributed by atoms with E-state index >= 15 is 0 Å². The quantitative estimate of drug-likeness (QED) is 0.0859. The van der Waals surface area contributed by atoms with E-state index in [4.69, 9.17) is 33.2 Å². The molecule has 18 heteroatoms. The molecular weight excluding hydrogens is 624 g/mol. The summed E-state index contributed by atoms with van der Waals surface area (Å²) in [5.74, 6) is -3.40. The van der Waals surface area contributed by atoms with E-state index in [0.717, 1.165) is 12.1 Å². The van der Waals surface area contributed by atoms with Crippen molar-refractivity contribution in [3.8, 4) is 34.5 Å². The van der Waals surface area contributed by atoms with Gasteiger partial charge in [0, 0.05) is 0 Å². The molecule has 256 valence electrons. The van der Waals surface area contributed by atoms with Gasteiger partial charge >= 0.3 is 5.97 Å². The first-order chi connectivity index (χ1) is 21.8. The molecule has 0 spiro atoms. The highest BCUT2D eigenvalue weighted by molar-refractivity contribution is 5.91. The van der Waals surface area contributed by atoms with Crippen LogP contribution in [0, 0.1) is 0 Å². The SMILES string of the molecule is COc1cc(COC(=O)c2cc(O)c(O)c(O)c2)cc(OC)c1O[C@@H]1O[C@H](CO)[C@@H](O)[C@H](O[C@@H]2O[C@H](CO)[C@@H](O)[C@H](O)[C@H]2O)[C@H]1O. The zero-order valence-corrected chi connectivity index (χ0v) is 24.4. The molecule has 0 unspecified atom stereocenters. The van der Waals surface area contributed by atoms with Crippen molar-refractivity contribution in [2.75, 3.05) is 27.4 Å². The first-order valence-electron chi connectivity index (χ1n) is 13.8.